The zero-order chi connectivity index (χ0) is 13.2. The Morgan fingerprint density at radius 2 is 2.16 bits per heavy atom. The number of nitrogens with zero attached hydrogens (tertiary/aromatic N) is 4. The molecule has 3 aromatic rings. The second-order valence-electron chi connectivity index (χ2n) is 4.18. The SMILES string of the molecule is Cc1cc(-c2ccc3ncoc3c2)nc(CC#N)n1. The lowest BCUT2D eigenvalue weighted by Crippen LogP contribution is -1.98. The van der Waals surface area contributed by atoms with Gasteiger partial charge in [0.1, 0.15) is 11.3 Å². The summed E-state index contributed by atoms with van der Waals surface area (Å²) in [6.07, 6.45) is 1.63. The topological polar surface area (TPSA) is 75.6 Å². The molecule has 0 unspecified atom stereocenters. The van der Waals surface area contributed by atoms with E-state index in [0.717, 1.165) is 28.1 Å². The Hall–Kier alpha value is -2.74. The quantitative estimate of drug-likeness (QED) is 0.698. The maximum atomic E-state index is 8.73. The van der Waals surface area contributed by atoms with Gasteiger partial charge in [-0.3, -0.25) is 0 Å². The molecule has 0 N–H and O–H groups in total. The molecule has 0 saturated carbocycles. The van der Waals surface area contributed by atoms with E-state index in [0.29, 0.717) is 5.82 Å². The Bertz CT molecular complexity index is 785. The molecule has 0 saturated heterocycles. The monoisotopic (exact) mass is 250 g/mol. The summed E-state index contributed by atoms with van der Waals surface area (Å²) in [5.41, 5.74) is 4.08. The molecule has 0 aliphatic rings. The summed E-state index contributed by atoms with van der Waals surface area (Å²) in [5.74, 6) is 0.537. The molecule has 2 aromatic heterocycles. The first-order valence-electron chi connectivity index (χ1n) is 5.81. The Labute approximate surface area is 109 Å². The van der Waals surface area contributed by atoms with Crippen molar-refractivity contribution in [3.8, 4) is 17.3 Å². The summed E-state index contributed by atoms with van der Waals surface area (Å²) in [6, 6.07) is 9.66. The van der Waals surface area contributed by atoms with Crippen molar-refractivity contribution in [2.45, 2.75) is 13.3 Å². The van der Waals surface area contributed by atoms with E-state index >= 15 is 0 Å². The Balaban J connectivity index is 2.12. The highest BCUT2D eigenvalue weighted by atomic mass is 16.3. The van der Waals surface area contributed by atoms with E-state index in [1.165, 1.54) is 6.39 Å². The van der Waals surface area contributed by atoms with E-state index in [4.69, 9.17) is 9.68 Å². The number of aromatic nitrogens is 3. The molecular formula is C14H10N4O. The minimum absolute atomic E-state index is 0.208. The van der Waals surface area contributed by atoms with Gasteiger partial charge in [0.15, 0.2) is 12.0 Å². The minimum Gasteiger partial charge on any atom is -0.443 e. The molecule has 0 atom stereocenters. The summed E-state index contributed by atoms with van der Waals surface area (Å²) in [4.78, 5) is 12.7. The Morgan fingerprint density at radius 3 is 3.00 bits per heavy atom. The van der Waals surface area contributed by atoms with Crippen LogP contribution in [0.25, 0.3) is 22.4 Å². The number of fused-ring (bicyclic) bond motifs is 1. The average Bonchev–Trinajstić information content (AvgIpc) is 2.85. The number of oxazole rings is 1. The number of nitriles is 1. The van der Waals surface area contributed by atoms with Crippen LogP contribution in [0.15, 0.2) is 35.1 Å². The van der Waals surface area contributed by atoms with E-state index in [1.54, 1.807) is 0 Å². The van der Waals surface area contributed by atoms with E-state index in [-0.39, 0.29) is 6.42 Å². The molecule has 92 valence electrons. The predicted octanol–water partition coefficient (Wildman–Crippen LogP) is 2.66. The van der Waals surface area contributed by atoms with Gasteiger partial charge in [-0.15, -0.1) is 0 Å². The number of hydrogen-bond acceptors (Lipinski definition) is 5. The van der Waals surface area contributed by atoms with Crippen molar-refractivity contribution in [1.29, 1.82) is 5.26 Å². The average molecular weight is 250 g/mol. The molecule has 3 rings (SSSR count). The third-order valence-electron chi connectivity index (χ3n) is 2.76. The van der Waals surface area contributed by atoms with Crippen molar-refractivity contribution in [2.75, 3.05) is 0 Å². The van der Waals surface area contributed by atoms with Crippen LogP contribution in [0.5, 0.6) is 0 Å². The van der Waals surface area contributed by atoms with Crippen LogP contribution < -0.4 is 0 Å². The van der Waals surface area contributed by atoms with Gasteiger partial charge in [0.05, 0.1) is 18.2 Å². The molecule has 5 heteroatoms. The highest BCUT2D eigenvalue weighted by Crippen LogP contribution is 2.23. The third-order valence-corrected chi connectivity index (χ3v) is 2.76. The van der Waals surface area contributed by atoms with E-state index in [2.05, 4.69) is 21.0 Å². The van der Waals surface area contributed by atoms with Crippen LogP contribution in [0.1, 0.15) is 11.5 Å². The molecule has 5 nitrogen and oxygen atoms in total. The van der Waals surface area contributed by atoms with Crippen LogP contribution in [0.3, 0.4) is 0 Å². The molecule has 1 aromatic carbocycles. The maximum Gasteiger partial charge on any atom is 0.181 e. The van der Waals surface area contributed by atoms with Crippen LogP contribution in [-0.2, 0) is 6.42 Å². The molecule has 19 heavy (non-hydrogen) atoms. The lowest BCUT2D eigenvalue weighted by Gasteiger charge is -2.04. The van der Waals surface area contributed by atoms with Gasteiger partial charge >= 0.3 is 0 Å². The molecule has 0 spiro atoms. The van der Waals surface area contributed by atoms with Crippen LogP contribution >= 0.6 is 0 Å². The molecule has 2 heterocycles. The van der Waals surface area contributed by atoms with Gasteiger partial charge in [-0.25, -0.2) is 15.0 Å². The van der Waals surface area contributed by atoms with Crippen molar-refractivity contribution < 1.29 is 4.42 Å². The second kappa shape index (κ2) is 4.50. The van der Waals surface area contributed by atoms with Crippen molar-refractivity contribution in [3.05, 3.63) is 42.2 Å². The van der Waals surface area contributed by atoms with Gasteiger partial charge in [-0.05, 0) is 25.1 Å². The number of benzene rings is 1. The highest BCUT2D eigenvalue weighted by Gasteiger charge is 2.07. The summed E-state index contributed by atoms with van der Waals surface area (Å²) < 4.78 is 5.28. The van der Waals surface area contributed by atoms with Crippen molar-refractivity contribution >= 4 is 11.1 Å². The van der Waals surface area contributed by atoms with Gasteiger partial charge in [-0.1, -0.05) is 6.07 Å². The first kappa shape index (κ1) is 11.4. The van der Waals surface area contributed by atoms with Crippen molar-refractivity contribution in [2.24, 2.45) is 0 Å². The van der Waals surface area contributed by atoms with E-state index in [9.17, 15) is 0 Å². The molecule has 0 bridgehead atoms. The fourth-order valence-corrected chi connectivity index (χ4v) is 1.94. The molecule has 0 aliphatic carbocycles. The summed E-state index contributed by atoms with van der Waals surface area (Å²) in [5, 5.41) is 8.73. The lowest BCUT2D eigenvalue weighted by atomic mass is 10.1. The lowest BCUT2D eigenvalue weighted by molar-refractivity contribution is 0.602. The smallest absolute Gasteiger partial charge is 0.181 e. The maximum absolute atomic E-state index is 8.73. The van der Waals surface area contributed by atoms with Gasteiger partial charge < -0.3 is 4.42 Å². The minimum atomic E-state index is 0.208. The normalized spacial score (nSPS) is 10.5. The van der Waals surface area contributed by atoms with Crippen molar-refractivity contribution in [1.82, 2.24) is 15.0 Å². The van der Waals surface area contributed by atoms with Gasteiger partial charge in [-0.2, -0.15) is 5.26 Å². The van der Waals surface area contributed by atoms with Crippen LogP contribution in [0.2, 0.25) is 0 Å². The molecular weight excluding hydrogens is 240 g/mol. The van der Waals surface area contributed by atoms with Crippen molar-refractivity contribution in [3.63, 3.8) is 0 Å². The fraction of sp³-hybridized carbons (Fsp3) is 0.143. The first-order chi connectivity index (χ1) is 9.26. The van der Waals surface area contributed by atoms with Crippen LogP contribution in [-0.4, -0.2) is 15.0 Å². The fourth-order valence-electron chi connectivity index (χ4n) is 1.94. The second-order valence-corrected chi connectivity index (χ2v) is 4.18. The zero-order valence-corrected chi connectivity index (χ0v) is 10.3. The summed E-state index contributed by atoms with van der Waals surface area (Å²) in [6.45, 7) is 1.89. The Kier molecular flexibility index (Phi) is 2.69. The number of rotatable bonds is 2. The molecule has 0 aliphatic heterocycles. The number of aryl methyl sites for hydroxylation is 1. The predicted molar refractivity (Wildman–Crippen MR) is 69.1 cm³/mol. The molecule has 0 fully saturated rings. The van der Waals surface area contributed by atoms with Gasteiger partial charge in [0, 0.05) is 11.3 Å². The van der Waals surface area contributed by atoms with E-state index in [1.807, 2.05) is 31.2 Å². The molecule has 0 radical (unpaired) electrons. The standard InChI is InChI=1S/C14H10N4O/c1-9-6-12(18-14(17-9)4-5-15)10-2-3-11-13(7-10)19-8-16-11/h2-3,6-8H,4H2,1H3. The van der Waals surface area contributed by atoms with Crippen LogP contribution in [0, 0.1) is 18.3 Å². The molecule has 0 amide bonds. The first-order valence-corrected chi connectivity index (χ1v) is 5.81. The summed E-state index contributed by atoms with van der Waals surface area (Å²) in [7, 11) is 0. The Morgan fingerprint density at radius 1 is 1.26 bits per heavy atom. The van der Waals surface area contributed by atoms with Gasteiger partial charge in [0.25, 0.3) is 0 Å². The largest absolute Gasteiger partial charge is 0.443 e. The zero-order valence-electron chi connectivity index (χ0n) is 10.3. The summed E-state index contributed by atoms with van der Waals surface area (Å²) >= 11 is 0. The van der Waals surface area contributed by atoms with Crippen LogP contribution in [0.4, 0.5) is 0 Å². The van der Waals surface area contributed by atoms with E-state index < -0.39 is 0 Å². The number of hydrogen-bond donors (Lipinski definition) is 0. The third kappa shape index (κ3) is 2.16. The van der Waals surface area contributed by atoms with Gasteiger partial charge in [0.2, 0.25) is 0 Å². The highest BCUT2D eigenvalue weighted by molar-refractivity contribution is 5.78.